The van der Waals surface area contributed by atoms with Crippen molar-refractivity contribution in [1.82, 2.24) is 9.97 Å². The minimum atomic E-state index is -4.63. The number of hydrogen-bond donors (Lipinski definition) is 3. The summed E-state index contributed by atoms with van der Waals surface area (Å²) in [6.45, 7) is 2.31. The van der Waals surface area contributed by atoms with Crippen molar-refractivity contribution in [1.29, 1.82) is 0 Å². The molecule has 0 radical (unpaired) electrons. The average Bonchev–Trinajstić information content (AvgIpc) is 2.68. The normalized spacial score (nSPS) is 16.8. The zero-order chi connectivity index (χ0) is 23.5. The minimum Gasteiger partial charge on any atom is -0.483 e. The molecule has 1 aromatic heterocycles. The van der Waals surface area contributed by atoms with Gasteiger partial charge in [0.1, 0.15) is 16.5 Å². The second-order valence-electron chi connectivity index (χ2n) is 7.20. The smallest absolute Gasteiger partial charge is 0.422 e. The van der Waals surface area contributed by atoms with E-state index in [2.05, 4.69) is 20.6 Å². The monoisotopic (exact) mass is 469 g/mol. The molecule has 0 bridgehead atoms. The van der Waals surface area contributed by atoms with Crippen molar-refractivity contribution in [3.8, 4) is 0 Å². The standard InChI is InChI=1S/C20H22F3N5O3S/c1-12-6-7-14(10-13(12)2)26-19-25-9-8-17(28-19)27-15-4-3-5-16(18(15)32(24,29)30)31-11-20(21,22)23/h3,5-10,15H,4,11H2,1-2H3,(H2,24,29,30)(H2,25,26,27,28). The Morgan fingerprint density at radius 3 is 2.62 bits per heavy atom. The van der Waals surface area contributed by atoms with E-state index in [9.17, 15) is 21.6 Å². The van der Waals surface area contributed by atoms with Crippen LogP contribution in [-0.4, -0.2) is 37.2 Å². The SMILES string of the molecule is Cc1ccc(Nc2nccc(NC3CC=CC(OCC(F)(F)F)=C3S(N)(=O)=O)n2)cc1C. The van der Waals surface area contributed by atoms with Gasteiger partial charge in [-0.1, -0.05) is 12.1 Å². The number of aryl methyl sites for hydroxylation is 2. The summed E-state index contributed by atoms with van der Waals surface area (Å²) in [5.41, 5.74) is 2.97. The third-order valence-electron chi connectivity index (χ3n) is 4.64. The predicted octanol–water partition coefficient (Wildman–Crippen LogP) is 3.66. The highest BCUT2D eigenvalue weighted by Crippen LogP contribution is 2.28. The van der Waals surface area contributed by atoms with Crippen molar-refractivity contribution in [2.45, 2.75) is 32.5 Å². The quantitative estimate of drug-likeness (QED) is 0.566. The Morgan fingerprint density at radius 1 is 1.22 bits per heavy atom. The first-order chi connectivity index (χ1) is 14.9. The Balaban J connectivity index is 1.83. The van der Waals surface area contributed by atoms with Gasteiger partial charge in [0.05, 0.1) is 6.04 Å². The number of anilines is 3. The fraction of sp³-hybridized carbons (Fsp3) is 0.300. The summed E-state index contributed by atoms with van der Waals surface area (Å²) < 4.78 is 66.6. The number of sulfonamides is 1. The molecule has 0 saturated heterocycles. The molecule has 12 heteroatoms. The molecule has 0 fully saturated rings. The fourth-order valence-corrected chi connectivity index (χ4v) is 4.00. The Bertz CT molecular complexity index is 1160. The van der Waals surface area contributed by atoms with Gasteiger partial charge < -0.3 is 15.4 Å². The number of nitrogens with two attached hydrogens (primary N) is 1. The molecule has 0 aliphatic heterocycles. The van der Waals surface area contributed by atoms with Crippen LogP contribution in [0.5, 0.6) is 0 Å². The maximum Gasteiger partial charge on any atom is 0.422 e. The summed E-state index contributed by atoms with van der Waals surface area (Å²) in [6, 6.07) is 6.27. The van der Waals surface area contributed by atoms with Gasteiger partial charge in [-0.3, -0.25) is 0 Å². The molecule has 0 saturated carbocycles. The van der Waals surface area contributed by atoms with Gasteiger partial charge in [-0.2, -0.15) is 18.2 Å². The van der Waals surface area contributed by atoms with Crippen molar-refractivity contribution in [3.05, 3.63) is 64.4 Å². The van der Waals surface area contributed by atoms with E-state index < -0.39 is 39.5 Å². The molecule has 0 spiro atoms. The number of halogens is 3. The minimum absolute atomic E-state index is 0.147. The van der Waals surface area contributed by atoms with Crippen LogP contribution in [0.25, 0.3) is 0 Å². The maximum absolute atomic E-state index is 12.6. The Kier molecular flexibility index (Phi) is 6.74. The van der Waals surface area contributed by atoms with Crippen LogP contribution in [0.15, 0.2) is 53.3 Å². The van der Waals surface area contributed by atoms with Crippen LogP contribution in [0.1, 0.15) is 17.5 Å². The topological polar surface area (TPSA) is 119 Å². The lowest BCUT2D eigenvalue weighted by molar-refractivity contribution is -0.164. The zero-order valence-electron chi connectivity index (χ0n) is 17.3. The number of ether oxygens (including phenoxy) is 1. The number of allylic oxidation sites excluding steroid dienone is 1. The van der Waals surface area contributed by atoms with Gasteiger partial charge in [-0.25, -0.2) is 18.5 Å². The number of nitrogens with one attached hydrogen (secondary N) is 2. The fourth-order valence-electron chi connectivity index (χ4n) is 3.04. The number of nitrogens with zero attached hydrogens (tertiary/aromatic N) is 2. The number of alkyl halides is 3. The number of hydrogen-bond acceptors (Lipinski definition) is 7. The molecular formula is C20H22F3N5O3S. The number of rotatable bonds is 7. The van der Waals surface area contributed by atoms with Crippen LogP contribution in [0, 0.1) is 13.8 Å². The van der Waals surface area contributed by atoms with E-state index in [0.717, 1.165) is 22.9 Å². The van der Waals surface area contributed by atoms with Gasteiger partial charge in [0.15, 0.2) is 6.61 Å². The van der Waals surface area contributed by atoms with Crippen molar-refractivity contribution in [2.75, 3.05) is 17.2 Å². The highest BCUT2D eigenvalue weighted by atomic mass is 32.2. The molecule has 8 nitrogen and oxygen atoms in total. The number of benzene rings is 1. The van der Waals surface area contributed by atoms with Crippen molar-refractivity contribution < 1.29 is 26.3 Å². The van der Waals surface area contributed by atoms with E-state index in [0.29, 0.717) is 0 Å². The second kappa shape index (κ2) is 9.17. The summed E-state index contributed by atoms with van der Waals surface area (Å²) in [7, 11) is -4.37. The second-order valence-corrected chi connectivity index (χ2v) is 8.73. The Morgan fingerprint density at radius 2 is 1.97 bits per heavy atom. The van der Waals surface area contributed by atoms with Crippen LogP contribution in [0.2, 0.25) is 0 Å². The third kappa shape index (κ3) is 6.20. The van der Waals surface area contributed by atoms with Gasteiger partial charge in [0.2, 0.25) is 16.0 Å². The summed E-state index contributed by atoms with van der Waals surface area (Å²) in [4.78, 5) is 7.96. The first kappa shape index (κ1) is 23.5. The van der Waals surface area contributed by atoms with E-state index in [1.165, 1.54) is 18.3 Å². The first-order valence-electron chi connectivity index (χ1n) is 9.49. The number of primary sulfonamides is 1. The maximum atomic E-state index is 12.6. The Hall–Kier alpha value is -3.12. The van der Waals surface area contributed by atoms with Gasteiger partial charge in [0.25, 0.3) is 0 Å². The largest absolute Gasteiger partial charge is 0.483 e. The molecule has 1 unspecified atom stereocenters. The molecule has 1 aromatic carbocycles. The van der Waals surface area contributed by atoms with Crippen molar-refractivity contribution in [3.63, 3.8) is 0 Å². The molecule has 3 rings (SSSR count). The lowest BCUT2D eigenvalue weighted by Crippen LogP contribution is -2.34. The van der Waals surface area contributed by atoms with Gasteiger partial charge >= 0.3 is 6.18 Å². The Labute approximate surface area is 183 Å². The molecule has 0 amide bonds. The van der Waals surface area contributed by atoms with E-state index in [-0.39, 0.29) is 18.2 Å². The molecule has 1 aliphatic carbocycles. The summed E-state index contributed by atoms with van der Waals surface area (Å²) >= 11 is 0. The summed E-state index contributed by atoms with van der Waals surface area (Å²) in [5, 5.41) is 11.2. The highest BCUT2D eigenvalue weighted by Gasteiger charge is 2.34. The van der Waals surface area contributed by atoms with Crippen LogP contribution in [0.3, 0.4) is 0 Å². The van der Waals surface area contributed by atoms with Crippen LogP contribution in [-0.2, 0) is 14.8 Å². The van der Waals surface area contributed by atoms with E-state index in [1.54, 1.807) is 0 Å². The summed E-state index contributed by atoms with van der Waals surface area (Å²) in [6.07, 6.45) is -0.372. The summed E-state index contributed by atoms with van der Waals surface area (Å²) in [5.74, 6) is 0.0401. The molecule has 172 valence electrons. The van der Waals surface area contributed by atoms with E-state index in [4.69, 9.17) is 9.88 Å². The van der Waals surface area contributed by atoms with Crippen molar-refractivity contribution >= 4 is 27.5 Å². The van der Waals surface area contributed by atoms with Crippen molar-refractivity contribution in [2.24, 2.45) is 5.14 Å². The third-order valence-corrected chi connectivity index (χ3v) is 5.74. The molecule has 2 aromatic rings. The predicted molar refractivity (Wildman–Crippen MR) is 115 cm³/mol. The van der Waals surface area contributed by atoms with Gasteiger partial charge in [-0.15, -0.1) is 0 Å². The number of aromatic nitrogens is 2. The molecule has 1 atom stereocenters. The molecule has 4 N–H and O–H groups in total. The van der Waals surface area contributed by atoms with E-state index >= 15 is 0 Å². The first-order valence-corrected chi connectivity index (χ1v) is 11.0. The van der Waals surface area contributed by atoms with Gasteiger partial charge in [0, 0.05) is 11.9 Å². The van der Waals surface area contributed by atoms with Crippen LogP contribution in [0.4, 0.5) is 30.6 Å². The van der Waals surface area contributed by atoms with Crippen LogP contribution >= 0.6 is 0 Å². The highest BCUT2D eigenvalue weighted by molar-refractivity contribution is 7.93. The molecule has 32 heavy (non-hydrogen) atoms. The molecule has 1 aliphatic rings. The lowest BCUT2D eigenvalue weighted by atomic mass is 10.1. The average molecular weight is 469 g/mol. The van der Waals surface area contributed by atoms with Gasteiger partial charge in [-0.05, 0) is 55.7 Å². The molecular weight excluding hydrogens is 447 g/mol. The zero-order valence-corrected chi connectivity index (χ0v) is 18.1. The van der Waals surface area contributed by atoms with E-state index in [1.807, 2.05) is 32.0 Å². The molecule has 1 heterocycles. The lowest BCUT2D eigenvalue weighted by Gasteiger charge is -2.25. The van der Waals surface area contributed by atoms with Crippen LogP contribution < -0.4 is 15.8 Å².